The number of carbonyl (C=O) groups excluding carboxylic acids is 2. The van der Waals surface area contributed by atoms with E-state index < -0.39 is 5.82 Å². The first-order chi connectivity index (χ1) is 13.5. The van der Waals surface area contributed by atoms with Gasteiger partial charge in [0.2, 0.25) is 11.8 Å². The van der Waals surface area contributed by atoms with Crippen molar-refractivity contribution >= 4 is 50.8 Å². The fourth-order valence-corrected chi connectivity index (χ4v) is 4.64. The molecule has 5 nitrogen and oxygen atoms in total. The van der Waals surface area contributed by atoms with E-state index in [0.29, 0.717) is 18.5 Å². The van der Waals surface area contributed by atoms with Crippen LogP contribution in [0.1, 0.15) is 12.8 Å². The first kappa shape index (κ1) is 20.3. The lowest BCUT2D eigenvalue weighted by molar-refractivity contribution is -0.133. The number of nitrogens with one attached hydrogen (secondary N) is 1. The van der Waals surface area contributed by atoms with Gasteiger partial charge in [-0.05, 0) is 36.8 Å². The molecule has 0 aliphatic carbocycles. The highest BCUT2D eigenvalue weighted by molar-refractivity contribution is 8.01. The molecule has 0 aliphatic heterocycles. The quantitative estimate of drug-likeness (QED) is 0.436. The molecular formula is C20H20FN3O2S2. The normalized spacial score (nSPS) is 10.8. The summed E-state index contributed by atoms with van der Waals surface area (Å²) in [7, 11) is 1.59. The van der Waals surface area contributed by atoms with E-state index in [4.69, 9.17) is 0 Å². The molecule has 28 heavy (non-hydrogen) atoms. The molecule has 0 unspecified atom stereocenters. The Bertz CT molecular complexity index is 944. The third kappa shape index (κ3) is 5.77. The lowest BCUT2D eigenvalue weighted by atomic mass is 10.3. The van der Waals surface area contributed by atoms with Crippen LogP contribution in [0.5, 0.6) is 0 Å². The number of para-hydroxylation sites is 1. The van der Waals surface area contributed by atoms with Crippen LogP contribution < -0.4 is 5.32 Å². The number of fused-ring (bicyclic) bond motifs is 1. The summed E-state index contributed by atoms with van der Waals surface area (Å²) in [6.45, 7) is -0.0691. The van der Waals surface area contributed by atoms with Crippen molar-refractivity contribution in [3.63, 3.8) is 0 Å². The number of amides is 2. The average molecular weight is 418 g/mol. The molecule has 1 aromatic heterocycles. The molecular weight excluding hydrogens is 397 g/mol. The molecule has 1 heterocycles. The number of aromatic nitrogens is 1. The van der Waals surface area contributed by atoms with Gasteiger partial charge in [0.1, 0.15) is 5.82 Å². The molecule has 0 bridgehead atoms. The van der Waals surface area contributed by atoms with Gasteiger partial charge in [-0.25, -0.2) is 9.37 Å². The van der Waals surface area contributed by atoms with E-state index >= 15 is 0 Å². The summed E-state index contributed by atoms with van der Waals surface area (Å²) in [4.78, 5) is 30.1. The minimum atomic E-state index is -0.423. The zero-order valence-electron chi connectivity index (χ0n) is 15.4. The summed E-state index contributed by atoms with van der Waals surface area (Å²) in [5, 5.41) is 2.59. The minimum Gasteiger partial charge on any atom is -0.336 e. The number of hydrogen-bond acceptors (Lipinski definition) is 5. The number of thioether (sulfide) groups is 1. The van der Waals surface area contributed by atoms with Gasteiger partial charge in [0, 0.05) is 24.9 Å². The Morgan fingerprint density at radius 2 is 2.04 bits per heavy atom. The van der Waals surface area contributed by atoms with Crippen LogP contribution in [0.4, 0.5) is 10.1 Å². The second-order valence-electron chi connectivity index (χ2n) is 6.21. The van der Waals surface area contributed by atoms with Crippen LogP contribution in [0, 0.1) is 5.82 Å². The molecule has 3 rings (SSSR count). The SMILES string of the molecule is CN(CC(=O)Nc1cccc(F)c1)C(=O)CCCSc1nc2ccccc2s1. The zero-order valence-corrected chi connectivity index (χ0v) is 17.0. The highest BCUT2D eigenvalue weighted by Gasteiger charge is 2.13. The highest BCUT2D eigenvalue weighted by atomic mass is 32.2. The number of anilines is 1. The van der Waals surface area contributed by atoms with Crippen molar-refractivity contribution in [1.29, 1.82) is 0 Å². The van der Waals surface area contributed by atoms with Gasteiger partial charge < -0.3 is 10.2 Å². The Kier molecular flexibility index (Phi) is 7.00. The summed E-state index contributed by atoms with van der Waals surface area (Å²) in [6, 6.07) is 13.7. The number of thiazole rings is 1. The Morgan fingerprint density at radius 1 is 1.21 bits per heavy atom. The second-order valence-corrected chi connectivity index (χ2v) is 8.58. The predicted molar refractivity (Wildman–Crippen MR) is 112 cm³/mol. The van der Waals surface area contributed by atoms with Crippen molar-refractivity contribution in [2.45, 2.75) is 17.2 Å². The predicted octanol–water partition coefficient (Wildman–Crippen LogP) is 4.40. The van der Waals surface area contributed by atoms with Gasteiger partial charge in [-0.1, -0.05) is 30.0 Å². The van der Waals surface area contributed by atoms with Gasteiger partial charge in [0.05, 0.1) is 16.8 Å². The third-order valence-electron chi connectivity index (χ3n) is 3.95. The van der Waals surface area contributed by atoms with E-state index in [9.17, 15) is 14.0 Å². The van der Waals surface area contributed by atoms with Crippen LogP contribution in [0.2, 0.25) is 0 Å². The van der Waals surface area contributed by atoms with Gasteiger partial charge in [0.25, 0.3) is 0 Å². The lowest BCUT2D eigenvalue weighted by Gasteiger charge is -2.16. The van der Waals surface area contributed by atoms with Crippen molar-refractivity contribution in [3.05, 3.63) is 54.3 Å². The standard InChI is InChI=1S/C20H20FN3O2S2/c1-24(13-18(25)22-15-7-4-6-14(21)12-15)19(26)10-5-11-27-20-23-16-8-2-3-9-17(16)28-20/h2-4,6-9,12H,5,10-11,13H2,1H3,(H,22,25). The summed E-state index contributed by atoms with van der Waals surface area (Å²) in [5.41, 5.74) is 1.37. The monoisotopic (exact) mass is 417 g/mol. The summed E-state index contributed by atoms with van der Waals surface area (Å²) in [5.74, 6) is -0.0908. The topological polar surface area (TPSA) is 62.3 Å². The Morgan fingerprint density at radius 3 is 2.82 bits per heavy atom. The van der Waals surface area contributed by atoms with Gasteiger partial charge >= 0.3 is 0 Å². The van der Waals surface area contributed by atoms with E-state index in [1.165, 1.54) is 23.1 Å². The summed E-state index contributed by atoms with van der Waals surface area (Å²) in [6.07, 6.45) is 1.07. The molecule has 0 spiro atoms. The molecule has 146 valence electrons. The van der Waals surface area contributed by atoms with Gasteiger partial charge in [-0.3, -0.25) is 9.59 Å². The van der Waals surface area contributed by atoms with Crippen LogP contribution >= 0.6 is 23.1 Å². The number of benzene rings is 2. The zero-order chi connectivity index (χ0) is 19.9. The van der Waals surface area contributed by atoms with Crippen molar-refractivity contribution < 1.29 is 14.0 Å². The molecule has 0 atom stereocenters. The third-order valence-corrected chi connectivity index (χ3v) is 6.22. The molecule has 0 saturated heterocycles. The molecule has 0 fully saturated rings. The number of carbonyl (C=O) groups is 2. The number of hydrogen-bond donors (Lipinski definition) is 1. The first-order valence-corrected chi connectivity index (χ1v) is 10.6. The smallest absolute Gasteiger partial charge is 0.243 e. The van der Waals surface area contributed by atoms with Crippen molar-refractivity contribution in [2.24, 2.45) is 0 Å². The van der Waals surface area contributed by atoms with E-state index in [2.05, 4.69) is 10.3 Å². The number of likely N-dealkylation sites (N-methyl/N-ethyl adjacent to an activating group) is 1. The molecule has 0 saturated carbocycles. The maximum Gasteiger partial charge on any atom is 0.243 e. The minimum absolute atomic E-state index is 0.0691. The largest absolute Gasteiger partial charge is 0.336 e. The van der Waals surface area contributed by atoms with Gasteiger partial charge in [0.15, 0.2) is 4.34 Å². The maximum atomic E-state index is 13.1. The van der Waals surface area contributed by atoms with Crippen molar-refractivity contribution in [3.8, 4) is 0 Å². The average Bonchev–Trinajstić information content (AvgIpc) is 3.07. The Balaban J connectivity index is 1.38. The van der Waals surface area contributed by atoms with E-state index in [1.54, 1.807) is 36.2 Å². The number of nitrogens with zero attached hydrogens (tertiary/aromatic N) is 2. The molecule has 0 aliphatic rings. The van der Waals surface area contributed by atoms with Crippen LogP contribution in [0.15, 0.2) is 52.9 Å². The van der Waals surface area contributed by atoms with Crippen molar-refractivity contribution in [2.75, 3.05) is 24.7 Å². The van der Waals surface area contributed by atoms with Crippen molar-refractivity contribution in [1.82, 2.24) is 9.88 Å². The van der Waals surface area contributed by atoms with E-state index in [0.717, 1.165) is 20.3 Å². The molecule has 3 aromatic rings. The van der Waals surface area contributed by atoms with Gasteiger partial charge in [-0.15, -0.1) is 11.3 Å². The lowest BCUT2D eigenvalue weighted by Crippen LogP contribution is -2.34. The van der Waals surface area contributed by atoms with Crippen LogP contribution in [0.3, 0.4) is 0 Å². The molecule has 2 aromatic carbocycles. The molecule has 1 N–H and O–H groups in total. The first-order valence-electron chi connectivity index (χ1n) is 8.79. The summed E-state index contributed by atoms with van der Waals surface area (Å²) >= 11 is 3.29. The second kappa shape index (κ2) is 9.66. The maximum absolute atomic E-state index is 13.1. The molecule has 8 heteroatoms. The highest BCUT2D eigenvalue weighted by Crippen LogP contribution is 2.29. The summed E-state index contributed by atoms with van der Waals surface area (Å²) < 4.78 is 15.3. The number of halogens is 1. The molecule has 0 radical (unpaired) electrons. The van der Waals surface area contributed by atoms with E-state index in [-0.39, 0.29) is 18.4 Å². The van der Waals surface area contributed by atoms with Crippen LogP contribution in [0.25, 0.3) is 10.2 Å². The Labute approximate surface area is 171 Å². The Hall–Kier alpha value is -2.45. The van der Waals surface area contributed by atoms with E-state index in [1.807, 2.05) is 24.3 Å². The van der Waals surface area contributed by atoms with Crippen LogP contribution in [-0.4, -0.2) is 41.0 Å². The van der Waals surface area contributed by atoms with Crippen LogP contribution in [-0.2, 0) is 9.59 Å². The fourth-order valence-electron chi connectivity index (χ4n) is 2.56. The molecule has 2 amide bonds. The van der Waals surface area contributed by atoms with Gasteiger partial charge in [-0.2, -0.15) is 0 Å². The number of rotatable bonds is 8. The fraction of sp³-hybridized carbons (Fsp3) is 0.250.